The van der Waals surface area contributed by atoms with Crippen molar-refractivity contribution >= 4 is 40.7 Å². The third kappa shape index (κ3) is 6.04. The second-order valence-corrected chi connectivity index (χ2v) is 9.38. The van der Waals surface area contributed by atoms with E-state index in [9.17, 15) is 9.59 Å². The molecular formula is C27H29ClN6O4. The highest BCUT2D eigenvalue weighted by Gasteiger charge is 2.20. The highest BCUT2D eigenvalue weighted by Crippen LogP contribution is 2.28. The van der Waals surface area contributed by atoms with Crippen LogP contribution >= 0.6 is 11.6 Å². The summed E-state index contributed by atoms with van der Waals surface area (Å²) in [6.45, 7) is 6.97. The van der Waals surface area contributed by atoms with Crippen LogP contribution in [0.2, 0.25) is 5.15 Å². The fourth-order valence-electron chi connectivity index (χ4n) is 4.33. The summed E-state index contributed by atoms with van der Waals surface area (Å²) in [5, 5.41) is 6.01. The number of ether oxygens (including phenoxy) is 2. The fourth-order valence-corrected chi connectivity index (χ4v) is 4.50. The maximum atomic E-state index is 12.6. The maximum absolute atomic E-state index is 12.6. The number of carbonyl (C=O) groups is 2. The molecule has 2 N–H and O–H groups in total. The first-order valence-electron chi connectivity index (χ1n) is 12.5. The molecule has 0 atom stereocenters. The van der Waals surface area contributed by atoms with Gasteiger partial charge < -0.3 is 29.9 Å². The van der Waals surface area contributed by atoms with Gasteiger partial charge in [0.25, 0.3) is 5.91 Å². The third-order valence-corrected chi connectivity index (χ3v) is 6.83. The average Bonchev–Trinajstić information content (AvgIpc) is 2.96. The molecule has 11 heteroatoms. The average molecular weight is 537 g/mol. The number of halogens is 1. The number of urea groups is 1. The van der Waals surface area contributed by atoms with E-state index in [0.717, 1.165) is 30.0 Å². The summed E-state index contributed by atoms with van der Waals surface area (Å²) in [6, 6.07) is 13.7. The Morgan fingerprint density at radius 3 is 1.97 bits per heavy atom. The van der Waals surface area contributed by atoms with E-state index in [-0.39, 0.29) is 5.91 Å². The van der Waals surface area contributed by atoms with Gasteiger partial charge in [-0.1, -0.05) is 11.6 Å². The predicted molar refractivity (Wildman–Crippen MR) is 146 cm³/mol. The van der Waals surface area contributed by atoms with Crippen LogP contribution in [0.5, 0.6) is 0 Å². The number of amides is 3. The summed E-state index contributed by atoms with van der Waals surface area (Å²) in [5.74, 6) is 1.28. The Kier molecular flexibility index (Phi) is 8.02. The summed E-state index contributed by atoms with van der Waals surface area (Å²) in [7, 11) is 0. The molecule has 198 valence electrons. The summed E-state index contributed by atoms with van der Waals surface area (Å²) in [6.07, 6.45) is 0. The second kappa shape index (κ2) is 11.8. The molecule has 1 aromatic heterocycles. The lowest BCUT2D eigenvalue weighted by Gasteiger charge is -2.29. The molecule has 2 aliphatic heterocycles. The van der Waals surface area contributed by atoms with Crippen molar-refractivity contribution < 1.29 is 19.1 Å². The summed E-state index contributed by atoms with van der Waals surface area (Å²) >= 11 is 6.43. The van der Waals surface area contributed by atoms with Crippen molar-refractivity contribution in [3.63, 3.8) is 0 Å². The van der Waals surface area contributed by atoms with E-state index in [0.29, 0.717) is 67.4 Å². The molecule has 0 bridgehead atoms. The predicted octanol–water partition coefficient (Wildman–Crippen LogP) is 4.06. The number of benzene rings is 2. The first kappa shape index (κ1) is 25.9. The van der Waals surface area contributed by atoms with Crippen molar-refractivity contribution in [2.75, 3.05) is 68.1 Å². The van der Waals surface area contributed by atoms with Gasteiger partial charge in [0.15, 0.2) is 5.82 Å². The third-order valence-electron chi connectivity index (χ3n) is 6.46. The van der Waals surface area contributed by atoms with Gasteiger partial charge in [-0.15, -0.1) is 0 Å². The van der Waals surface area contributed by atoms with Crippen LogP contribution in [-0.2, 0) is 9.47 Å². The van der Waals surface area contributed by atoms with Gasteiger partial charge in [-0.2, -0.15) is 0 Å². The largest absolute Gasteiger partial charge is 0.378 e. The van der Waals surface area contributed by atoms with Gasteiger partial charge >= 0.3 is 6.03 Å². The van der Waals surface area contributed by atoms with Crippen molar-refractivity contribution in [3.8, 4) is 11.4 Å². The number of hydrogen-bond donors (Lipinski definition) is 2. The normalized spacial score (nSPS) is 15.7. The van der Waals surface area contributed by atoms with E-state index >= 15 is 0 Å². The van der Waals surface area contributed by atoms with Crippen LogP contribution in [0.4, 0.5) is 22.0 Å². The van der Waals surface area contributed by atoms with Crippen molar-refractivity contribution in [3.05, 3.63) is 64.8 Å². The standard InChI is InChI=1S/C27H29ClN6O4/c1-18-23(28)31-24(32-25(18)33-10-14-37-15-11-33)19-2-6-21(7-3-19)29-27(36)30-22-8-4-20(5-9-22)26(35)34-12-16-38-17-13-34/h2-9H,10-17H2,1H3,(H2,29,30,36). The molecule has 0 unspecified atom stereocenters. The van der Waals surface area contributed by atoms with Crippen LogP contribution in [0, 0.1) is 6.92 Å². The Hall–Kier alpha value is -3.73. The van der Waals surface area contributed by atoms with Gasteiger partial charge in [0.1, 0.15) is 11.0 Å². The van der Waals surface area contributed by atoms with Crippen LogP contribution in [0.15, 0.2) is 48.5 Å². The van der Waals surface area contributed by atoms with Crippen molar-refractivity contribution in [2.24, 2.45) is 0 Å². The van der Waals surface area contributed by atoms with E-state index < -0.39 is 6.03 Å². The molecule has 3 aromatic rings. The minimum absolute atomic E-state index is 0.0414. The lowest BCUT2D eigenvalue weighted by molar-refractivity contribution is 0.0303. The first-order valence-corrected chi connectivity index (χ1v) is 12.9. The van der Waals surface area contributed by atoms with E-state index in [4.69, 9.17) is 26.1 Å². The summed E-state index contributed by atoms with van der Waals surface area (Å²) in [4.78, 5) is 38.3. The molecule has 0 spiro atoms. The van der Waals surface area contributed by atoms with E-state index in [1.165, 1.54) is 0 Å². The lowest BCUT2D eigenvalue weighted by atomic mass is 10.1. The number of aromatic nitrogens is 2. The van der Waals surface area contributed by atoms with Crippen LogP contribution in [0.3, 0.4) is 0 Å². The zero-order chi connectivity index (χ0) is 26.5. The van der Waals surface area contributed by atoms with Crippen LogP contribution < -0.4 is 15.5 Å². The number of anilines is 3. The topological polar surface area (TPSA) is 109 Å². The number of nitrogens with zero attached hydrogens (tertiary/aromatic N) is 4. The smallest absolute Gasteiger partial charge is 0.323 e. The zero-order valence-electron chi connectivity index (χ0n) is 21.1. The van der Waals surface area contributed by atoms with Gasteiger partial charge in [-0.05, 0) is 55.5 Å². The van der Waals surface area contributed by atoms with Crippen molar-refractivity contribution in [1.29, 1.82) is 0 Å². The number of rotatable bonds is 5. The molecule has 5 rings (SSSR count). The number of morpholine rings is 2. The second-order valence-electron chi connectivity index (χ2n) is 9.02. The Labute approximate surface area is 225 Å². The minimum atomic E-state index is -0.394. The van der Waals surface area contributed by atoms with Gasteiger partial charge in [-0.3, -0.25) is 4.79 Å². The summed E-state index contributed by atoms with van der Waals surface area (Å²) < 4.78 is 10.7. The molecule has 0 radical (unpaired) electrons. The molecule has 2 fully saturated rings. The Morgan fingerprint density at radius 1 is 0.816 bits per heavy atom. The van der Waals surface area contributed by atoms with Gasteiger partial charge in [0.05, 0.1) is 26.4 Å². The first-order chi connectivity index (χ1) is 18.5. The highest BCUT2D eigenvalue weighted by atomic mass is 35.5. The number of nitrogens with one attached hydrogen (secondary N) is 2. The molecule has 10 nitrogen and oxygen atoms in total. The quantitative estimate of drug-likeness (QED) is 0.473. The molecule has 2 aliphatic rings. The minimum Gasteiger partial charge on any atom is -0.378 e. The molecule has 0 saturated carbocycles. The molecule has 2 aromatic carbocycles. The van der Waals surface area contributed by atoms with Crippen molar-refractivity contribution in [2.45, 2.75) is 6.92 Å². The molecule has 38 heavy (non-hydrogen) atoms. The van der Waals surface area contributed by atoms with Gasteiger partial charge in [-0.25, -0.2) is 14.8 Å². The van der Waals surface area contributed by atoms with Gasteiger partial charge in [0.2, 0.25) is 0 Å². The molecule has 3 heterocycles. The highest BCUT2D eigenvalue weighted by molar-refractivity contribution is 6.30. The van der Waals surface area contributed by atoms with Crippen molar-refractivity contribution in [1.82, 2.24) is 14.9 Å². The zero-order valence-corrected chi connectivity index (χ0v) is 21.8. The Morgan fingerprint density at radius 2 is 1.37 bits per heavy atom. The van der Waals surface area contributed by atoms with Gasteiger partial charge in [0, 0.05) is 54.2 Å². The number of carbonyl (C=O) groups excluding carboxylic acids is 2. The molecule has 0 aliphatic carbocycles. The Balaban J connectivity index is 1.20. The van der Waals surface area contributed by atoms with Crippen LogP contribution in [0.25, 0.3) is 11.4 Å². The monoisotopic (exact) mass is 536 g/mol. The fraction of sp³-hybridized carbons (Fsp3) is 0.333. The molecular weight excluding hydrogens is 508 g/mol. The van der Waals surface area contributed by atoms with E-state index in [1.807, 2.05) is 19.1 Å². The van der Waals surface area contributed by atoms with Crippen LogP contribution in [0.1, 0.15) is 15.9 Å². The maximum Gasteiger partial charge on any atom is 0.323 e. The summed E-state index contributed by atoms with van der Waals surface area (Å²) in [5.41, 5.74) is 3.38. The van der Waals surface area contributed by atoms with E-state index in [2.05, 4.69) is 20.5 Å². The van der Waals surface area contributed by atoms with Crippen LogP contribution in [-0.4, -0.2) is 79.4 Å². The SMILES string of the molecule is Cc1c(Cl)nc(-c2ccc(NC(=O)Nc3ccc(C(=O)N4CCOCC4)cc3)cc2)nc1N1CCOCC1. The molecule has 3 amide bonds. The molecule has 2 saturated heterocycles. The lowest BCUT2D eigenvalue weighted by Crippen LogP contribution is -2.40. The number of hydrogen-bond acceptors (Lipinski definition) is 7. The Bertz CT molecular complexity index is 1290. The van der Waals surface area contributed by atoms with E-state index in [1.54, 1.807) is 41.3 Å².